The number of hydrogen-bond donors (Lipinski definition) is 0. The number of allylic oxidation sites excluding steroid dienone is 2. The molecule has 0 spiro atoms. The van der Waals surface area contributed by atoms with Crippen molar-refractivity contribution in [2.75, 3.05) is 6.61 Å². The van der Waals surface area contributed by atoms with Gasteiger partial charge in [0.15, 0.2) is 0 Å². The van der Waals surface area contributed by atoms with E-state index in [0.29, 0.717) is 13.0 Å². The predicted molar refractivity (Wildman–Crippen MR) is 109 cm³/mol. The summed E-state index contributed by atoms with van der Waals surface area (Å²) in [5, 5.41) is 0. The average molecular weight is 436 g/mol. The molecule has 0 saturated carbocycles. The molecule has 1 unspecified atom stereocenters. The van der Waals surface area contributed by atoms with Gasteiger partial charge in [-0.2, -0.15) is 0 Å². The number of esters is 1. The van der Waals surface area contributed by atoms with Gasteiger partial charge in [0.25, 0.3) is 0 Å². The zero-order valence-corrected chi connectivity index (χ0v) is 17.5. The summed E-state index contributed by atoms with van der Waals surface area (Å²) in [5.74, 6) is -0.0431. The van der Waals surface area contributed by atoms with Gasteiger partial charge in [-0.3, -0.25) is 4.79 Å². The molecule has 0 aliphatic heterocycles. The molecule has 136 valence electrons. The first kappa shape index (κ1) is 22.9. The maximum Gasteiger partial charge on any atom is 0.305 e. The highest BCUT2D eigenvalue weighted by atomic mass is 127. The fourth-order valence-corrected chi connectivity index (χ4v) is 3.30. The van der Waals surface area contributed by atoms with Crippen LogP contribution in [-0.2, 0) is 9.53 Å². The van der Waals surface area contributed by atoms with Crippen LogP contribution in [0.3, 0.4) is 0 Å². The number of alkyl halides is 1. The van der Waals surface area contributed by atoms with Crippen molar-refractivity contribution in [3.8, 4) is 0 Å². The Hall–Kier alpha value is -0.0600. The van der Waals surface area contributed by atoms with Gasteiger partial charge < -0.3 is 4.74 Å². The van der Waals surface area contributed by atoms with Crippen molar-refractivity contribution in [1.29, 1.82) is 0 Å². The summed E-state index contributed by atoms with van der Waals surface area (Å²) >= 11 is 2.60. The lowest BCUT2D eigenvalue weighted by molar-refractivity contribution is -0.143. The molecule has 0 rings (SSSR count). The van der Waals surface area contributed by atoms with E-state index in [9.17, 15) is 4.79 Å². The molecular formula is C20H37IO2. The van der Waals surface area contributed by atoms with Crippen LogP contribution in [0.2, 0.25) is 0 Å². The minimum Gasteiger partial charge on any atom is -0.466 e. The average Bonchev–Trinajstić information content (AvgIpc) is 2.53. The SMILES string of the molecule is CCCCCCC(I)C/C=C\CCCCCCCC(=O)OCC. The third kappa shape index (κ3) is 18.1. The number of rotatable bonds is 16. The molecular weight excluding hydrogens is 399 g/mol. The Morgan fingerprint density at radius 2 is 1.65 bits per heavy atom. The highest BCUT2D eigenvalue weighted by Gasteiger charge is 2.01. The molecule has 0 aromatic carbocycles. The first-order chi connectivity index (χ1) is 11.2. The van der Waals surface area contributed by atoms with Gasteiger partial charge in [0, 0.05) is 10.3 Å². The topological polar surface area (TPSA) is 26.3 Å². The number of unbranched alkanes of at least 4 members (excludes halogenated alkanes) is 8. The normalized spacial score (nSPS) is 12.7. The van der Waals surface area contributed by atoms with E-state index in [4.69, 9.17) is 4.74 Å². The van der Waals surface area contributed by atoms with Crippen LogP contribution in [0.25, 0.3) is 0 Å². The predicted octanol–water partition coefficient (Wildman–Crippen LogP) is 7.00. The molecule has 0 aliphatic rings. The Balaban J connectivity index is 3.29. The Kier molecular flexibility index (Phi) is 18.2. The van der Waals surface area contributed by atoms with Gasteiger partial charge in [0.05, 0.1) is 6.61 Å². The molecule has 0 bridgehead atoms. The van der Waals surface area contributed by atoms with E-state index in [-0.39, 0.29) is 5.97 Å². The van der Waals surface area contributed by atoms with Crippen LogP contribution in [0, 0.1) is 0 Å². The molecule has 1 atom stereocenters. The van der Waals surface area contributed by atoms with Gasteiger partial charge in [-0.15, -0.1) is 0 Å². The minimum absolute atomic E-state index is 0.0431. The summed E-state index contributed by atoms with van der Waals surface area (Å²) in [6.45, 7) is 4.63. The fraction of sp³-hybridized carbons (Fsp3) is 0.850. The largest absolute Gasteiger partial charge is 0.466 e. The van der Waals surface area contributed by atoms with Crippen molar-refractivity contribution >= 4 is 28.6 Å². The lowest BCUT2D eigenvalue weighted by Crippen LogP contribution is -2.03. The number of carbonyl (C=O) groups is 1. The van der Waals surface area contributed by atoms with Gasteiger partial charge in [-0.05, 0) is 39.0 Å². The third-order valence-electron chi connectivity index (χ3n) is 3.99. The van der Waals surface area contributed by atoms with Crippen molar-refractivity contribution in [1.82, 2.24) is 0 Å². The summed E-state index contributed by atoms with van der Waals surface area (Å²) in [4.78, 5) is 11.2. The smallest absolute Gasteiger partial charge is 0.305 e. The zero-order chi connectivity index (χ0) is 17.2. The van der Waals surface area contributed by atoms with E-state index in [1.807, 2.05) is 6.92 Å². The molecule has 0 saturated heterocycles. The Bertz CT molecular complexity index is 289. The van der Waals surface area contributed by atoms with E-state index in [2.05, 4.69) is 41.7 Å². The highest BCUT2D eigenvalue weighted by Crippen LogP contribution is 2.16. The molecule has 23 heavy (non-hydrogen) atoms. The summed E-state index contributed by atoms with van der Waals surface area (Å²) in [7, 11) is 0. The van der Waals surface area contributed by atoms with Crippen LogP contribution in [0.1, 0.15) is 97.3 Å². The van der Waals surface area contributed by atoms with Crippen molar-refractivity contribution in [2.45, 2.75) is 101 Å². The quantitative estimate of drug-likeness (QED) is 0.0856. The molecule has 0 aromatic heterocycles. The highest BCUT2D eigenvalue weighted by molar-refractivity contribution is 14.1. The fourth-order valence-electron chi connectivity index (χ4n) is 2.57. The molecule has 0 radical (unpaired) electrons. The van der Waals surface area contributed by atoms with E-state index < -0.39 is 0 Å². The molecule has 0 fully saturated rings. The minimum atomic E-state index is -0.0431. The second-order valence-corrected chi connectivity index (χ2v) is 8.03. The second-order valence-electron chi connectivity index (χ2n) is 6.27. The third-order valence-corrected chi connectivity index (χ3v) is 5.12. The van der Waals surface area contributed by atoms with Crippen LogP contribution < -0.4 is 0 Å². The van der Waals surface area contributed by atoms with E-state index in [0.717, 1.165) is 16.8 Å². The van der Waals surface area contributed by atoms with Crippen molar-refractivity contribution in [3.05, 3.63) is 12.2 Å². The monoisotopic (exact) mass is 436 g/mol. The summed E-state index contributed by atoms with van der Waals surface area (Å²) in [6.07, 6.45) is 20.5. The molecule has 0 aromatic rings. The van der Waals surface area contributed by atoms with E-state index >= 15 is 0 Å². The van der Waals surface area contributed by atoms with Crippen molar-refractivity contribution in [2.24, 2.45) is 0 Å². The van der Waals surface area contributed by atoms with Crippen LogP contribution in [0.5, 0.6) is 0 Å². The second kappa shape index (κ2) is 18.3. The molecule has 0 heterocycles. The summed E-state index contributed by atoms with van der Waals surface area (Å²) < 4.78 is 5.73. The van der Waals surface area contributed by atoms with Gasteiger partial charge in [0.2, 0.25) is 0 Å². The molecule has 2 nitrogen and oxygen atoms in total. The van der Waals surface area contributed by atoms with Crippen molar-refractivity contribution in [3.63, 3.8) is 0 Å². The van der Waals surface area contributed by atoms with Gasteiger partial charge in [-0.25, -0.2) is 0 Å². The first-order valence-electron chi connectivity index (χ1n) is 9.65. The van der Waals surface area contributed by atoms with Gasteiger partial charge in [-0.1, -0.05) is 86.6 Å². The van der Waals surface area contributed by atoms with Crippen LogP contribution in [0.15, 0.2) is 12.2 Å². The summed E-state index contributed by atoms with van der Waals surface area (Å²) in [6, 6.07) is 0. The number of halogens is 1. The van der Waals surface area contributed by atoms with Gasteiger partial charge in [0.1, 0.15) is 0 Å². The number of carbonyl (C=O) groups excluding carboxylic acids is 1. The zero-order valence-electron chi connectivity index (χ0n) is 15.3. The van der Waals surface area contributed by atoms with E-state index in [1.165, 1.54) is 64.2 Å². The Morgan fingerprint density at radius 3 is 2.39 bits per heavy atom. The summed E-state index contributed by atoms with van der Waals surface area (Å²) in [5.41, 5.74) is 0. The maximum atomic E-state index is 11.2. The standard InChI is InChI=1S/C20H37IO2/c1-3-5-6-13-16-19(21)17-14-11-9-7-8-10-12-15-18-20(22)23-4-2/h11,14,19H,3-10,12-13,15-18H2,1-2H3/b14-11-. The molecule has 0 N–H and O–H groups in total. The first-order valence-corrected chi connectivity index (χ1v) is 10.9. The lowest BCUT2D eigenvalue weighted by atomic mass is 10.1. The lowest BCUT2D eigenvalue weighted by Gasteiger charge is -2.06. The Morgan fingerprint density at radius 1 is 0.957 bits per heavy atom. The van der Waals surface area contributed by atoms with Crippen molar-refractivity contribution < 1.29 is 9.53 Å². The maximum absolute atomic E-state index is 11.2. The number of ether oxygens (including phenoxy) is 1. The van der Waals surface area contributed by atoms with Gasteiger partial charge >= 0.3 is 5.97 Å². The molecule has 0 aliphatic carbocycles. The molecule has 0 amide bonds. The van der Waals surface area contributed by atoms with Crippen LogP contribution >= 0.6 is 22.6 Å². The van der Waals surface area contributed by atoms with Crippen LogP contribution in [0.4, 0.5) is 0 Å². The number of hydrogen-bond acceptors (Lipinski definition) is 2. The Labute approximate surface area is 158 Å². The van der Waals surface area contributed by atoms with Crippen LogP contribution in [-0.4, -0.2) is 16.5 Å². The van der Waals surface area contributed by atoms with E-state index in [1.54, 1.807) is 0 Å². The molecule has 3 heteroatoms.